The molecule has 0 bridgehead atoms. The van der Waals surface area contributed by atoms with Crippen molar-refractivity contribution in [3.05, 3.63) is 54.0 Å². The number of aromatic nitrogens is 2. The van der Waals surface area contributed by atoms with Gasteiger partial charge in [-0.05, 0) is 37.3 Å². The summed E-state index contributed by atoms with van der Waals surface area (Å²) in [4.78, 5) is -0.0104. The molecule has 0 atom stereocenters. The molecular formula is C14H11FN2O3S. The van der Waals surface area contributed by atoms with Gasteiger partial charge in [-0.1, -0.05) is 6.07 Å². The predicted octanol–water partition coefficient (Wildman–Crippen LogP) is 2.78. The molecule has 0 amide bonds. The van der Waals surface area contributed by atoms with E-state index in [4.69, 9.17) is 4.18 Å². The van der Waals surface area contributed by atoms with Crippen LogP contribution in [0.25, 0.3) is 10.9 Å². The molecule has 7 heteroatoms. The maximum absolute atomic E-state index is 13.1. The summed E-state index contributed by atoms with van der Waals surface area (Å²) in [7, 11) is -4.02. The van der Waals surface area contributed by atoms with Gasteiger partial charge < -0.3 is 4.18 Å². The fraction of sp³-hybridized carbons (Fsp3) is 0.0714. The topological polar surface area (TPSA) is 72.0 Å². The molecule has 0 saturated carbocycles. The summed E-state index contributed by atoms with van der Waals surface area (Å²) in [6, 6.07) is 9.47. The van der Waals surface area contributed by atoms with Crippen LogP contribution in [0.3, 0.4) is 0 Å². The molecule has 0 spiro atoms. The Hall–Kier alpha value is -2.41. The molecule has 0 aliphatic rings. The maximum atomic E-state index is 13.1. The zero-order chi connectivity index (χ0) is 15.0. The van der Waals surface area contributed by atoms with Crippen molar-refractivity contribution in [1.82, 2.24) is 10.2 Å². The Kier molecular flexibility index (Phi) is 3.13. The Morgan fingerprint density at radius 3 is 2.76 bits per heavy atom. The lowest BCUT2D eigenvalue weighted by molar-refractivity contribution is 0.483. The van der Waals surface area contributed by atoms with Gasteiger partial charge in [0.2, 0.25) is 0 Å². The average Bonchev–Trinajstić information content (AvgIpc) is 2.79. The number of rotatable bonds is 3. The lowest BCUT2D eigenvalue weighted by Gasteiger charge is -2.07. The second-order valence-electron chi connectivity index (χ2n) is 4.51. The Balaban J connectivity index is 2.01. The molecule has 5 nitrogen and oxygen atoms in total. The summed E-state index contributed by atoms with van der Waals surface area (Å²) in [5.74, 6) is -0.636. The van der Waals surface area contributed by atoms with Crippen molar-refractivity contribution in [2.24, 2.45) is 0 Å². The van der Waals surface area contributed by atoms with E-state index < -0.39 is 15.9 Å². The highest BCUT2D eigenvalue weighted by Gasteiger charge is 2.18. The number of halogens is 1. The molecule has 21 heavy (non-hydrogen) atoms. The van der Waals surface area contributed by atoms with Gasteiger partial charge in [0.15, 0.2) is 0 Å². The minimum atomic E-state index is -4.02. The van der Waals surface area contributed by atoms with Crippen molar-refractivity contribution in [2.45, 2.75) is 11.8 Å². The summed E-state index contributed by atoms with van der Waals surface area (Å²) in [5, 5.41) is 7.49. The second kappa shape index (κ2) is 4.85. The lowest BCUT2D eigenvalue weighted by Crippen LogP contribution is -2.09. The average molecular weight is 306 g/mol. The number of hydrogen-bond acceptors (Lipinski definition) is 4. The smallest absolute Gasteiger partial charge is 0.339 e. The monoisotopic (exact) mass is 306 g/mol. The molecule has 3 aromatic rings. The van der Waals surface area contributed by atoms with E-state index in [1.54, 1.807) is 13.0 Å². The molecule has 1 heterocycles. The first-order valence-electron chi connectivity index (χ1n) is 6.10. The van der Waals surface area contributed by atoms with Gasteiger partial charge in [0, 0.05) is 11.5 Å². The van der Waals surface area contributed by atoms with E-state index in [1.807, 2.05) is 0 Å². The number of hydrogen-bond donors (Lipinski definition) is 1. The Bertz CT molecular complexity index is 919. The standard InChI is InChI=1S/C14H11FN2O3S/c1-9-13-8-12(5-6-14(13)17-16-9)21(18,19)20-11-4-2-3-10(15)7-11/h2-8H,1H3,(H,16,17). The molecule has 3 rings (SSSR count). The van der Waals surface area contributed by atoms with E-state index in [9.17, 15) is 12.8 Å². The summed E-state index contributed by atoms with van der Waals surface area (Å²) < 4.78 is 42.4. The molecule has 0 fully saturated rings. The minimum absolute atomic E-state index is 0.0104. The molecule has 0 aliphatic heterocycles. The normalized spacial score (nSPS) is 11.7. The summed E-state index contributed by atoms with van der Waals surface area (Å²) in [6.07, 6.45) is 0. The van der Waals surface area contributed by atoms with E-state index in [0.717, 1.165) is 11.6 Å². The van der Waals surface area contributed by atoms with Crippen molar-refractivity contribution in [3.63, 3.8) is 0 Å². The number of nitrogens with one attached hydrogen (secondary N) is 1. The maximum Gasteiger partial charge on any atom is 0.339 e. The van der Waals surface area contributed by atoms with Gasteiger partial charge in [-0.3, -0.25) is 5.10 Å². The third-order valence-corrected chi connectivity index (χ3v) is 4.26. The van der Waals surface area contributed by atoms with Crippen LogP contribution >= 0.6 is 0 Å². The Labute approximate surface area is 120 Å². The molecular weight excluding hydrogens is 295 g/mol. The number of aryl methyl sites for hydroxylation is 1. The summed E-state index contributed by atoms with van der Waals surface area (Å²) >= 11 is 0. The van der Waals surface area contributed by atoms with Crippen LogP contribution in [-0.4, -0.2) is 18.6 Å². The highest BCUT2D eigenvalue weighted by Crippen LogP contribution is 2.23. The van der Waals surface area contributed by atoms with E-state index in [-0.39, 0.29) is 10.6 Å². The Morgan fingerprint density at radius 1 is 1.19 bits per heavy atom. The molecule has 0 radical (unpaired) electrons. The molecule has 0 unspecified atom stereocenters. The van der Waals surface area contributed by atoms with Crippen LogP contribution in [0.15, 0.2) is 47.4 Å². The van der Waals surface area contributed by atoms with Gasteiger partial charge in [-0.25, -0.2) is 4.39 Å². The third-order valence-electron chi connectivity index (χ3n) is 3.02. The van der Waals surface area contributed by atoms with E-state index in [0.29, 0.717) is 11.1 Å². The van der Waals surface area contributed by atoms with Crippen LogP contribution in [0.1, 0.15) is 5.69 Å². The third kappa shape index (κ3) is 2.59. The van der Waals surface area contributed by atoms with Gasteiger partial charge in [0.25, 0.3) is 0 Å². The SMILES string of the molecule is Cc1n[nH]c2ccc(S(=O)(=O)Oc3cccc(F)c3)cc12. The van der Waals surface area contributed by atoms with Crippen LogP contribution in [0.5, 0.6) is 5.75 Å². The second-order valence-corrected chi connectivity index (χ2v) is 6.06. The molecule has 0 saturated heterocycles. The fourth-order valence-electron chi connectivity index (χ4n) is 1.97. The molecule has 0 aliphatic carbocycles. The van der Waals surface area contributed by atoms with Gasteiger partial charge in [0.05, 0.1) is 11.2 Å². The largest absolute Gasteiger partial charge is 0.379 e. The van der Waals surface area contributed by atoms with Gasteiger partial charge in [0.1, 0.15) is 16.5 Å². The predicted molar refractivity (Wildman–Crippen MR) is 75.0 cm³/mol. The first kappa shape index (κ1) is 13.6. The quantitative estimate of drug-likeness (QED) is 0.755. The van der Waals surface area contributed by atoms with Crippen LogP contribution in [0, 0.1) is 12.7 Å². The zero-order valence-electron chi connectivity index (χ0n) is 11.0. The summed E-state index contributed by atoms with van der Waals surface area (Å²) in [6.45, 7) is 1.77. The van der Waals surface area contributed by atoms with Crippen LogP contribution in [0.4, 0.5) is 4.39 Å². The van der Waals surface area contributed by atoms with Crippen LogP contribution in [0.2, 0.25) is 0 Å². The Morgan fingerprint density at radius 2 is 2.00 bits per heavy atom. The van der Waals surface area contributed by atoms with Gasteiger partial charge in [-0.2, -0.15) is 13.5 Å². The van der Waals surface area contributed by atoms with Crippen LogP contribution in [-0.2, 0) is 10.1 Å². The molecule has 1 aromatic heterocycles. The molecule has 108 valence electrons. The van der Waals surface area contributed by atoms with Crippen molar-refractivity contribution in [1.29, 1.82) is 0 Å². The van der Waals surface area contributed by atoms with Crippen molar-refractivity contribution in [3.8, 4) is 5.75 Å². The van der Waals surface area contributed by atoms with Crippen LogP contribution < -0.4 is 4.18 Å². The van der Waals surface area contributed by atoms with E-state index in [2.05, 4.69) is 10.2 Å². The number of H-pyrrole nitrogens is 1. The molecule has 2 aromatic carbocycles. The number of benzene rings is 2. The van der Waals surface area contributed by atoms with Crippen molar-refractivity contribution < 1.29 is 17.0 Å². The van der Waals surface area contributed by atoms with E-state index >= 15 is 0 Å². The highest BCUT2D eigenvalue weighted by molar-refractivity contribution is 7.87. The number of fused-ring (bicyclic) bond motifs is 1. The molecule has 1 N–H and O–H groups in total. The first-order valence-corrected chi connectivity index (χ1v) is 7.51. The summed E-state index contributed by atoms with van der Waals surface area (Å²) in [5.41, 5.74) is 1.42. The van der Waals surface area contributed by atoms with Crippen molar-refractivity contribution in [2.75, 3.05) is 0 Å². The number of aromatic amines is 1. The minimum Gasteiger partial charge on any atom is -0.379 e. The van der Waals surface area contributed by atoms with Gasteiger partial charge >= 0.3 is 10.1 Å². The zero-order valence-corrected chi connectivity index (χ0v) is 11.8. The van der Waals surface area contributed by atoms with E-state index in [1.165, 1.54) is 30.3 Å². The van der Waals surface area contributed by atoms with Gasteiger partial charge in [-0.15, -0.1) is 0 Å². The number of nitrogens with zero attached hydrogens (tertiary/aromatic N) is 1. The first-order chi connectivity index (χ1) is 9.95. The fourth-order valence-corrected chi connectivity index (χ4v) is 2.92. The highest BCUT2D eigenvalue weighted by atomic mass is 32.2. The van der Waals surface area contributed by atoms with Crippen molar-refractivity contribution >= 4 is 21.0 Å². The lowest BCUT2D eigenvalue weighted by atomic mass is 10.2.